The van der Waals surface area contributed by atoms with Crippen LogP contribution in [0.3, 0.4) is 0 Å². The maximum Gasteiger partial charge on any atom is 0.282 e. The van der Waals surface area contributed by atoms with E-state index < -0.39 is 10.8 Å². The van der Waals surface area contributed by atoms with Gasteiger partial charge in [0.15, 0.2) is 11.5 Å². The second-order valence-electron chi connectivity index (χ2n) is 4.59. The summed E-state index contributed by atoms with van der Waals surface area (Å²) < 4.78 is 4.81. The molecule has 2 aromatic rings. The van der Waals surface area contributed by atoms with E-state index in [0.717, 1.165) is 18.3 Å². The number of benzene rings is 2. The third kappa shape index (κ3) is 3.77. The first-order chi connectivity index (χ1) is 11.4. The van der Waals surface area contributed by atoms with E-state index in [1.165, 1.54) is 31.4 Å². The van der Waals surface area contributed by atoms with Crippen LogP contribution in [0.2, 0.25) is 0 Å². The number of rotatable bonds is 5. The van der Waals surface area contributed by atoms with Gasteiger partial charge in [-0.05, 0) is 30.3 Å². The number of nitro groups is 1. The van der Waals surface area contributed by atoms with Gasteiger partial charge in [0.05, 0.1) is 29.9 Å². The summed E-state index contributed by atoms with van der Waals surface area (Å²) >= 11 is 0. The Morgan fingerprint density at radius 1 is 1.29 bits per heavy atom. The molecule has 2 rings (SSSR count). The SMILES string of the molecule is COc1cc([N+](=O)[O-])c(/C=N\NC(=O)c2ccc(O)cc2)cc1O. The van der Waals surface area contributed by atoms with Gasteiger partial charge in [-0.3, -0.25) is 14.9 Å². The summed E-state index contributed by atoms with van der Waals surface area (Å²) in [5, 5.41) is 33.5. The van der Waals surface area contributed by atoms with Crippen LogP contribution in [0.1, 0.15) is 15.9 Å². The van der Waals surface area contributed by atoms with Crippen molar-refractivity contribution in [1.29, 1.82) is 0 Å². The fraction of sp³-hybridized carbons (Fsp3) is 0.0667. The number of nitro benzene ring substituents is 1. The number of hydrazone groups is 1. The molecule has 9 nitrogen and oxygen atoms in total. The third-order valence-corrected chi connectivity index (χ3v) is 3.02. The van der Waals surface area contributed by atoms with Crippen LogP contribution >= 0.6 is 0 Å². The van der Waals surface area contributed by atoms with Crippen molar-refractivity contribution < 1.29 is 24.7 Å². The number of aromatic hydroxyl groups is 2. The summed E-state index contributed by atoms with van der Waals surface area (Å²) in [5.41, 5.74) is 2.09. The Morgan fingerprint density at radius 3 is 2.54 bits per heavy atom. The quantitative estimate of drug-likeness (QED) is 0.434. The van der Waals surface area contributed by atoms with Gasteiger partial charge in [0.25, 0.3) is 11.6 Å². The van der Waals surface area contributed by atoms with Crippen LogP contribution < -0.4 is 10.2 Å². The lowest BCUT2D eigenvalue weighted by atomic mass is 10.1. The molecule has 0 aliphatic rings. The Morgan fingerprint density at radius 2 is 1.96 bits per heavy atom. The molecule has 0 atom stereocenters. The maximum atomic E-state index is 11.8. The molecule has 0 fully saturated rings. The molecule has 0 bridgehead atoms. The van der Waals surface area contributed by atoms with Crippen molar-refractivity contribution in [3.8, 4) is 17.2 Å². The van der Waals surface area contributed by atoms with Gasteiger partial charge in [-0.15, -0.1) is 0 Å². The molecule has 0 saturated carbocycles. The van der Waals surface area contributed by atoms with E-state index in [4.69, 9.17) is 9.84 Å². The molecule has 0 aromatic heterocycles. The van der Waals surface area contributed by atoms with E-state index in [9.17, 15) is 20.0 Å². The molecular weight excluding hydrogens is 318 g/mol. The lowest BCUT2D eigenvalue weighted by molar-refractivity contribution is -0.385. The molecule has 3 N–H and O–H groups in total. The van der Waals surface area contributed by atoms with Crippen LogP contribution in [-0.2, 0) is 0 Å². The number of nitrogens with zero attached hydrogens (tertiary/aromatic N) is 2. The predicted molar refractivity (Wildman–Crippen MR) is 84.5 cm³/mol. The van der Waals surface area contributed by atoms with Crippen LogP contribution in [0, 0.1) is 10.1 Å². The van der Waals surface area contributed by atoms with Crippen molar-refractivity contribution in [1.82, 2.24) is 5.43 Å². The number of carbonyl (C=O) groups excluding carboxylic acids is 1. The van der Waals surface area contributed by atoms with Crippen molar-refractivity contribution in [3.63, 3.8) is 0 Å². The largest absolute Gasteiger partial charge is 0.508 e. The highest BCUT2D eigenvalue weighted by atomic mass is 16.6. The van der Waals surface area contributed by atoms with Crippen LogP contribution in [0.15, 0.2) is 41.5 Å². The molecule has 0 spiro atoms. The first-order valence-electron chi connectivity index (χ1n) is 6.60. The normalized spacial score (nSPS) is 10.5. The highest BCUT2D eigenvalue weighted by Crippen LogP contribution is 2.32. The van der Waals surface area contributed by atoms with Gasteiger partial charge >= 0.3 is 0 Å². The minimum Gasteiger partial charge on any atom is -0.508 e. The summed E-state index contributed by atoms with van der Waals surface area (Å²) in [6, 6.07) is 7.62. The Labute approximate surface area is 136 Å². The Bertz CT molecular complexity index is 802. The zero-order valence-electron chi connectivity index (χ0n) is 12.5. The summed E-state index contributed by atoms with van der Waals surface area (Å²) in [6.07, 6.45) is 1.04. The monoisotopic (exact) mass is 331 g/mol. The van der Waals surface area contributed by atoms with E-state index in [2.05, 4.69) is 10.5 Å². The lowest BCUT2D eigenvalue weighted by Crippen LogP contribution is -2.17. The molecule has 0 aliphatic carbocycles. The second-order valence-corrected chi connectivity index (χ2v) is 4.59. The van der Waals surface area contributed by atoms with Crippen LogP contribution in [0.25, 0.3) is 0 Å². The first kappa shape index (κ1) is 16.7. The first-order valence-corrected chi connectivity index (χ1v) is 6.60. The van der Waals surface area contributed by atoms with E-state index >= 15 is 0 Å². The average molecular weight is 331 g/mol. The predicted octanol–water partition coefficient (Wildman–Crippen LogP) is 1.78. The van der Waals surface area contributed by atoms with Gasteiger partial charge in [-0.1, -0.05) is 0 Å². The summed E-state index contributed by atoms with van der Waals surface area (Å²) in [7, 11) is 1.27. The van der Waals surface area contributed by atoms with Gasteiger partial charge < -0.3 is 14.9 Å². The standard InChI is InChI=1S/C15H13N3O6/c1-24-14-7-12(18(22)23)10(6-13(14)20)8-16-17-15(21)9-2-4-11(19)5-3-9/h2-8,19-20H,1H3,(H,17,21)/b16-8-. The molecule has 2 aromatic carbocycles. The van der Waals surface area contributed by atoms with E-state index in [1.807, 2.05) is 0 Å². The lowest BCUT2D eigenvalue weighted by Gasteiger charge is -2.05. The number of hydrogen-bond donors (Lipinski definition) is 3. The van der Waals surface area contributed by atoms with E-state index in [1.54, 1.807) is 0 Å². The third-order valence-electron chi connectivity index (χ3n) is 3.02. The van der Waals surface area contributed by atoms with Gasteiger partial charge in [0, 0.05) is 5.56 Å². The zero-order valence-corrected chi connectivity index (χ0v) is 12.5. The van der Waals surface area contributed by atoms with Crippen molar-refractivity contribution in [2.45, 2.75) is 0 Å². The summed E-state index contributed by atoms with van der Waals surface area (Å²) in [4.78, 5) is 22.2. The summed E-state index contributed by atoms with van der Waals surface area (Å²) in [6.45, 7) is 0. The zero-order chi connectivity index (χ0) is 17.7. The molecule has 0 radical (unpaired) electrons. The number of phenolic OH excluding ortho intramolecular Hbond substituents is 2. The fourth-order valence-electron chi connectivity index (χ4n) is 1.84. The molecule has 24 heavy (non-hydrogen) atoms. The van der Waals surface area contributed by atoms with Crippen molar-refractivity contribution >= 4 is 17.8 Å². The van der Waals surface area contributed by atoms with Crippen molar-refractivity contribution in [2.24, 2.45) is 5.10 Å². The molecular formula is C15H13N3O6. The smallest absolute Gasteiger partial charge is 0.282 e. The number of phenols is 2. The van der Waals surface area contributed by atoms with Crippen LogP contribution in [0.5, 0.6) is 17.2 Å². The number of hydrogen-bond acceptors (Lipinski definition) is 7. The number of ether oxygens (including phenoxy) is 1. The van der Waals surface area contributed by atoms with Crippen LogP contribution in [0.4, 0.5) is 5.69 Å². The van der Waals surface area contributed by atoms with Gasteiger partial charge in [-0.2, -0.15) is 5.10 Å². The van der Waals surface area contributed by atoms with Crippen LogP contribution in [-0.4, -0.2) is 34.4 Å². The minimum atomic E-state index is -0.662. The number of carbonyl (C=O) groups is 1. The van der Waals surface area contributed by atoms with Crippen molar-refractivity contribution in [2.75, 3.05) is 7.11 Å². The minimum absolute atomic E-state index is 0.00990. The summed E-state index contributed by atoms with van der Waals surface area (Å²) in [5.74, 6) is -0.896. The number of amides is 1. The highest BCUT2D eigenvalue weighted by Gasteiger charge is 2.17. The molecule has 0 heterocycles. The number of nitrogens with one attached hydrogen (secondary N) is 1. The molecule has 0 saturated heterocycles. The molecule has 0 unspecified atom stereocenters. The maximum absolute atomic E-state index is 11.8. The van der Waals surface area contributed by atoms with E-state index in [-0.39, 0.29) is 34.1 Å². The Kier molecular flexibility index (Phi) is 4.95. The van der Waals surface area contributed by atoms with Gasteiger partial charge in [0.1, 0.15) is 5.75 Å². The molecule has 1 amide bonds. The van der Waals surface area contributed by atoms with Gasteiger partial charge in [0.2, 0.25) is 0 Å². The van der Waals surface area contributed by atoms with E-state index in [0.29, 0.717) is 0 Å². The Balaban J connectivity index is 2.19. The molecule has 124 valence electrons. The molecule has 0 aliphatic heterocycles. The Hall–Kier alpha value is -3.62. The highest BCUT2D eigenvalue weighted by molar-refractivity contribution is 5.95. The molecule has 9 heteroatoms. The van der Waals surface area contributed by atoms with Crippen molar-refractivity contribution in [3.05, 3.63) is 57.6 Å². The van der Waals surface area contributed by atoms with Gasteiger partial charge in [-0.25, -0.2) is 5.43 Å². The number of methoxy groups -OCH3 is 1. The average Bonchev–Trinajstić information content (AvgIpc) is 2.55. The fourth-order valence-corrected chi connectivity index (χ4v) is 1.84. The topological polar surface area (TPSA) is 134 Å². The second kappa shape index (κ2) is 7.09.